The van der Waals surface area contributed by atoms with E-state index in [0.29, 0.717) is 22.2 Å². The first-order valence-corrected chi connectivity index (χ1v) is 10.2. The van der Waals surface area contributed by atoms with Crippen molar-refractivity contribution in [1.29, 1.82) is 0 Å². The number of carbonyl (C=O) groups is 1. The molecular weight excluding hydrogens is 410 g/mol. The molecule has 0 radical (unpaired) electrons. The topological polar surface area (TPSA) is 85.0 Å². The molecule has 2 amide bonds. The Bertz CT molecular complexity index is 1170. The van der Waals surface area contributed by atoms with Crippen molar-refractivity contribution >= 4 is 29.1 Å². The summed E-state index contributed by atoms with van der Waals surface area (Å²) in [5.74, 6) is 0.323. The quantitative estimate of drug-likeness (QED) is 0.381. The van der Waals surface area contributed by atoms with Gasteiger partial charge in [-0.05, 0) is 36.8 Å². The highest BCUT2D eigenvalue weighted by atomic mass is 35.5. The van der Waals surface area contributed by atoms with Crippen LogP contribution in [0.25, 0.3) is 16.9 Å². The molecular formula is C24H22ClN5O. The number of urea groups is 1. The molecule has 1 atom stereocenters. The lowest BCUT2D eigenvalue weighted by atomic mass is 10.1. The highest BCUT2D eigenvalue weighted by Crippen LogP contribution is 2.34. The van der Waals surface area contributed by atoms with Crippen molar-refractivity contribution in [3.63, 3.8) is 0 Å². The van der Waals surface area contributed by atoms with Crippen LogP contribution in [0, 0.1) is 0 Å². The number of halogens is 1. The third-order valence-corrected chi connectivity index (χ3v) is 5.18. The van der Waals surface area contributed by atoms with Crippen molar-refractivity contribution in [3.8, 4) is 16.9 Å². The van der Waals surface area contributed by atoms with Crippen LogP contribution in [0.3, 0.4) is 0 Å². The van der Waals surface area contributed by atoms with Gasteiger partial charge in [0, 0.05) is 10.6 Å². The molecule has 0 fully saturated rings. The third kappa shape index (κ3) is 4.54. The number of hydrogen-bond donors (Lipinski definition) is 3. The number of aromatic nitrogens is 2. The van der Waals surface area contributed by atoms with Crippen molar-refractivity contribution in [3.05, 3.63) is 95.5 Å². The summed E-state index contributed by atoms with van der Waals surface area (Å²) < 4.78 is 1.59. The minimum atomic E-state index is -0.365. The van der Waals surface area contributed by atoms with Crippen LogP contribution in [-0.4, -0.2) is 15.8 Å². The zero-order valence-electron chi connectivity index (χ0n) is 16.9. The number of carbonyl (C=O) groups excluding carboxylic acids is 1. The number of nitrogen functional groups attached to an aromatic ring is 1. The number of hydrogen-bond acceptors (Lipinski definition) is 3. The Balaban J connectivity index is 1.67. The van der Waals surface area contributed by atoms with Gasteiger partial charge in [-0.1, -0.05) is 72.3 Å². The van der Waals surface area contributed by atoms with E-state index in [9.17, 15) is 4.79 Å². The molecule has 156 valence electrons. The molecule has 1 aromatic heterocycles. The van der Waals surface area contributed by atoms with E-state index in [0.717, 1.165) is 16.8 Å². The Kier molecular flexibility index (Phi) is 5.91. The van der Waals surface area contributed by atoms with Crippen molar-refractivity contribution < 1.29 is 4.79 Å². The number of benzene rings is 3. The van der Waals surface area contributed by atoms with Gasteiger partial charge < -0.3 is 16.4 Å². The molecule has 0 bridgehead atoms. The van der Waals surface area contributed by atoms with E-state index in [4.69, 9.17) is 17.3 Å². The molecule has 0 aliphatic rings. The number of rotatable bonds is 5. The first kappa shape index (κ1) is 20.5. The molecule has 1 unspecified atom stereocenters. The summed E-state index contributed by atoms with van der Waals surface area (Å²) in [7, 11) is 0. The van der Waals surface area contributed by atoms with Crippen molar-refractivity contribution in [1.82, 2.24) is 15.1 Å². The van der Waals surface area contributed by atoms with Gasteiger partial charge in [0.15, 0.2) is 5.82 Å². The SMILES string of the molecule is CC(NC(=O)Nc1c(-c2ccccc2)nn(-c2ccc(Cl)cc2)c1N)c1ccccc1. The largest absolute Gasteiger partial charge is 0.382 e. The normalized spacial score (nSPS) is 11.7. The molecule has 0 aliphatic heterocycles. The minimum Gasteiger partial charge on any atom is -0.382 e. The lowest BCUT2D eigenvalue weighted by molar-refractivity contribution is 0.249. The summed E-state index contributed by atoms with van der Waals surface area (Å²) in [6, 6.07) is 26.0. The molecule has 0 aliphatic carbocycles. The van der Waals surface area contributed by atoms with Gasteiger partial charge in [-0.15, -0.1) is 0 Å². The van der Waals surface area contributed by atoms with Gasteiger partial charge in [0.1, 0.15) is 11.4 Å². The molecule has 0 saturated carbocycles. The first-order chi connectivity index (χ1) is 15.0. The van der Waals surface area contributed by atoms with Gasteiger partial charge in [0.05, 0.1) is 11.7 Å². The lowest BCUT2D eigenvalue weighted by Gasteiger charge is -2.15. The first-order valence-electron chi connectivity index (χ1n) is 9.85. The van der Waals surface area contributed by atoms with Crippen LogP contribution in [0.15, 0.2) is 84.9 Å². The summed E-state index contributed by atoms with van der Waals surface area (Å²) >= 11 is 6.01. The molecule has 1 heterocycles. The zero-order valence-corrected chi connectivity index (χ0v) is 17.7. The highest BCUT2D eigenvalue weighted by Gasteiger charge is 2.21. The number of nitrogens with two attached hydrogens (primary N) is 1. The van der Waals surface area contributed by atoms with E-state index >= 15 is 0 Å². The fraction of sp³-hybridized carbons (Fsp3) is 0.0833. The molecule has 4 rings (SSSR count). The Morgan fingerprint density at radius 2 is 1.58 bits per heavy atom. The molecule has 7 heteroatoms. The van der Waals surface area contributed by atoms with Gasteiger partial charge in [-0.3, -0.25) is 0 Å². The smallest absolute Gasteiger partial charge is 0.319 e. The van der Waals surface area contributed by atoms with Gasteiger partial charge >= 0.3 is 6.03 Å². The van der Waals surface area contributed by atoms with Gasteiger partial charge in [-0.2, -0.15) is 5.10 Å². The number of anilines is 2. The molecule has 0 saturated heterocycles. The maximum Gasteiger partial charge on any atom is 0.319 e. The third-order valence-electron chi connectivity index (χ3n) is 4.93. The molecule has 4 N–H and O–H groups in total. The van der Waals surface area contributed by atoms with E-state index in [-0.39, 0.29) is 12.1 Å². The Labute approximate surface area is 185 Å². The second-order valence-electron chi connectivity index (χ2n) is 7.09. The van der Waals surface area contributed by atoms with E-state index < -0.39 is 0 Å². The average Bonchev–Trinajstić information content (AvgIpc) is 3.11. The van der Waals surface area contributed by atoms with E-state index in [1.165, 1.54) is 0 Å². The number of amides is 2. The van der Waals surface area contributed by atoms with Crippen molar-refractivity contribution in [2.45, 2.75) is 13.0 Å². The van der Waals surface area contributed by atoms with Crippen LogP contribution >= 0.6 is 11.6 Å². The van der Waals surface area contributed by atoms with Crippen LogP contribution in [0.1, 0.15) is 18.5 Å². The summed E-state index contributed by atoms with van der Waals surface area (Å²) in [4.78, 5) is 12.8. The molecule has 0 spiro atoms. The minimum absolute atomic E-state index is 0.172. The summed E-state index contributed by atoms with van der Waals surface area (Å²) in [5.41, 5.74) is 10.0. The maximum atomic E-state index is 12.8. The predicted octanol–water partition coefficient (Wildman–Crippen LogP) is 5.66. The number of nitrogens with zero attached hydrogens (tertiary/aromatic N) is 2. The van der Waals surface area contributed by atoms with Crippen LogP contribution in [0.4, 0.5) is 16.3 Å². The summed E-state index contributed by atoms with van der Waals surface area (Å²) in [6.07, 6.45) is 0. The maximum absolute atomic E-state index is 12.8. The van der Waals surface area contributed by atoms with Crippen molar-refractivity contribution in [2.24, 2.45) is 0 Å². The monoisotopic (exact) mass is 431 g/mol. The summed E-state index contributed by atoms with van der Waals surface area (Å²) in [5, 5.41) is 11.1. The highest BCUT2D eigenvalue weighted by molar-refractivity contribution is 6.30. The Hall–Kier alpha value is -3.77. The Morgan fingerprint density at radius 1 is 0.968 bits per heavy atom. The van der Waals surface area contributed by atoms with Crippen LogP contribution in [-0.2, 0) is 0 Å². The van der Waals surface area contributed by atoms with E-state index in [1.54, 1.807) is 16.8 Å². The fourth-order valence-electron chi connectivity index (χ4n) is 3.30. The molecule has 3 aromatic carbocycles. The van der Waals surface area contributed by atoms with Gasteiger partial charge in [0.2, 0.25) is 0 Å². The van der Waals surface area contributed by atoms with Crippen LogP contribution in [0.5, 0.6) is 0 Å². The Morgan fingerprint density at radius 3 is 2.23 bits per heavy atom. The van der Waals surface area contributed by atoms with Crippen LogP contribution < -0.4 is 16.4 Å². The average molecular weight is 432 g/mol. The standard InChI is InChI=1S/C24H22ClN5O/c1-16(17-8-4-2-5-9-17)27-24(31)28-22-21(18-10-6-3-7-11-18)29-30(23(22)26)20-14-12-19(25)13-15-20/h2-16H,26H2,1H3,(H2,27,28,31). The lowest BCUT2D eigenvalue weighted by Crippen LogP contribution is -2.31. The van der Waals surface area contributed by atoms with E-state index in [2.05, 4.69) is 15.7 Å². The van der Waals surface area contributed by atoms with E-state index in [1.807, 2.05) is 79.7 Å². The zero-order chi connectivity index (χ0) is 21.8. The predicted molar refractivity (Wildman–Crippen MR) is 125 cm³/mol. The van der Waals surface area contributed by atoms with Crippen molar-refractivity contribution in [2.75, 3.05) is 11.1 Å². The molecule has 4 aromatic rings. The second-order valence-corrected chi connectivity index (χ2v) is 7.53. The molecule has 6 nitrogen and oxygen atoms in total. The number of nitrogens with one attached hydrogen (secondary N) is 2. The molecule has 31 heavy (non-hydrogen) atoms. The summed E-state index contributed by atoms with van der Waals surface area (Å²) in [6.45, 7) is 1.92. The van der Waals surface area contributed by atoms with Gasteiger partial charge in [0.25, 0.3) is 0 Å². The second kappa shape index (κ2) is 8.93. The van der Waals surface area contributed by atoms with Gasteiger partial charge in [-0.25, -0.2) is 9.48 Å². The van der Waals surface area contributed by atoms with Crippen LogP contribution in [0.2, 0.25) is 5.02 Å². The fourth-order valence-corrected chi connectivity index (χ4v) is 3.43.